The fraction of sp³-hybridized carbons (Fsp3) is 1.00. The summed E-state index contributed by atoms with van der Waals surface area (Å²) >= 11 is 0. The number of nitrogens with one attached hydrogen (secondary N) is 2. The van der Waals surface area contributed by atoms with Gasteiger partial charge in [0.1, 0.15) is 0 Å². The van der Waals surface area contributed by atoms with Crippen LogP contribution >= 0.6 is 0 Å². The van der Waals surface area contributed by atoms with Crippen molar-refractivity contribution < 1.29 is 13.2 Å². The highest BCUT2D eigenvalue weighted by molar-refractivity contribution is 7.89. The Morgan fingerprint density at radius 1 is 1.33 bits per heavy atom. The third-order valence-electron chi connectivity index (χ3n) is 3.02. The van der Waals surface area contributed by atoms with Crippen molar-refractivity contribution in [2.45, 2.75) is 51.7 Å². The Morgan fingerprint density at radius 2 is 2.06 bits per heavy atom. The molecule has 0 spiro atoms. The number of hydrogen-bond donors (Lipinski definition) is 2. The summed E-state index contributed by atoms with van der Waals surface area (Å²) in [5.41, 5.74) is -0.230. The molecule has 18 heavy (non-hydrogen) atoms. The van der Waals surface area contributed by atoms with Crippen LogP contribution in [0.3, 0.4) is 0 Å². The lowest BCUT2D eigenvalue weighted by Gasteiger charge is -2.35. The zero-order valence-electron chi connectivity index (χ0n) is 11.7. The largest absolute Gasteiger partial charge is 0.375 e. The van der Waals surface area contributed by atoms with Gasteiger partial charge >= 0.3 is 0 Å². The predicted octanol–water partition coefficient (Wildman–Crippen LogP) is 0.863. The first-order valence-corrected chi connectivity index (χ1v) is 8.34. The van der Waals surface area contributed by atoms with Crippen molar-refractivity contribution in [2.24, 2.45) is 0 Å². The van der Waals surface area contributed by atoms with Crippen LogP contribution < -0.4 is 10.0 Å². The minimum atomic E-state index is -3.18. The second-order valence-corrected chi connectivity index (χ2v) is 7.36. The van der Waals surface area contributed by atoms with E-state index in [4.69, 9.17) is 4.74 Å². The van der Waals surface area contributed by atoms with E-state index in [1.807, 2.05) is 13.8 Å². The minimum Gasteiger partial charge on any atom is -0.375 e. The lowest BCUT2D eigenvalue weighted by molar-refractivity contribution is -0.0599. The van der Waals surface area contributed by atoms with E-state index in [1.165, 1.54) is 0 Å². The van der Waals surface area contributed by atoms with Crippen LogP contribution in [0.4, 0.5) is 0 Å². The molecule has 1 saturated heterocycles. The molecule has 6 heteroatoms. The van der Waals surface area contributed by atoms with E-state index in [2.05, 4.69) is 17.0 Å². The second kappa shape index (κ2) is 6.84. The predicted molar refractivity (Wildman–Crippen MR) is 73.1 cm³/mol. The highest BCUT2D eigenvalue weighted by Gasteiger charge is 2.30. The molecule has 2 N–H and O–H groups in total. The van der Waals surface area contributed by atoms with E-state index in [-0.39, 0.29) is 17.4 Å². The van der Waals surface area contributed by atoms with Crippen molar-refractivity contribution in [3.8, 4) is 0 Å². The molecule has 0 bridgehead atoms. The molecule has 1 atom stereocenters. The van der Waals surface area contributed by atoms with Gasteiger partial charge in [0.15, 0.2) is 0 Å². The molecule has 1 aliphatic heterocycles. The van der Waals surface area contributed by atoms with E-state index in [9.17, 15) is 8.42 Å². The third kappa shape index (κ3) is 6.13. The molecule has 0 aromatic rings. The summed E-state index contributed by atoms with van der Waals surface area (Å²) in [7, 11) is -3.18. The lowest BCUT2D eigenvalue weighted by Crippen LogP contribution is -2.47. The summed E-state index contributed by atoms with van der Waals surface area (Å²) in [5, 5.41) is 3.10. The van der Waals surface area contributed by atoms with Crippen LogP contribution in [0, 0.1) is 0 Å². The normalized spacial score (nSPS) is 24.1. The maximum Gasteiger partial charge on any atom is 0.213 e. The zero-order valence-corrected chi connectivity index (χ0v) is 12.5. The van der Waals surface area contributed by atoms with Crippen molar-refractivity contribution >= 4 is 10.0 Å². The molecule has 0 amide bonds. The van der Waals surface area contributed by atoms with Gasteiger partial charge in [0.05, 0.1) is 11.4 Å². The molecule has 1 rings (SSSR count). The second-order valence-electron chi connectivity index (χ2n) is 5.48. The van der Waals surface area contributed by atoms with Crippen molar-refractivity contribution in [1.29, 1.82) is 0 Å². The average molecular weight is 278 g/mol. The number of sulfonamides is 1. The van der Waals surface area contributed by atoms with Gasteiger partial charge in [-0.1, -0.05) is 6.92 Å². The topological polar surface area (TPSA) is 67.4 Å². The highest BCUT2D eigenvalue weighted by Crippen LogP contribution is 2.24. The molecule has 0 aromatic carbocycles. The van der Waals surface area contributed by atoms with E-state index >= 15 is 0 Å². The van der Waals surface area contributed by atoms with Crippen molar-refractivity contribution in [3.63, 3.8) is 0 Å². The molecular formula is C12H26N2O3S. The molecule has 1 unspecified atom stereocenters. The van der Waals surface area contributed by atoms with Gasteiger partial charge in [0.2, 0.25) is 10.0 Å². The molecule has 5 nitrogen and oxygen atoms in total. The van der Waals surface area contributed by atoms with E-state index in [1.54, 1.807) is 0 Å². The molecular weight excluding hydrogens is 252 g/mol. The SMILES string of the molecule is CCCNCCS(=O)(=O)NC1CCOC(C)(C)C1. The maximum absolute atomic E-state index is 11.9. The fourth-order valence-corrected chi connectivity index (χ4v) is 3.39. The number of hydrogen-bond acceptors (Lipinski definition) is 4. The zero-order chi connectivity index (χ0) is 13.6. The van der Waals surface area contributed by atoms with Crippen molar-refractivity contribution in [1.82, 2.24) is 10.0 Å². The Bertz CT molecular complexity index is 341. The van der Waals surface area contributed by atoms with Crippen LogP contribution in [0.25, 0.3) is 0 Å². The van der Waals surface area contributed by atoms with Crippen LogP contribution in [0.1, 0.15) is 40.0 Å². The van der Waals surface area contributed by atoms with Gasteiger partial charge in [-0.05, 0) is 39.7 Å². The van der Waals surface area contributed by atoms with Crippen LogP contribution in [0.15, 0.2) is 0 Å². The monoisotopic (exact) mass is 278 g/mol. The Kier molecular flexibility index (Phi) is 6.04. The van der Waals surface area contributed by atoms with Gasteiger partial charge in [0, 0.05) is 19.2 Å². The molecule has 1 fully saturated rings. The first kappa shape index (κ1) is 15.9. The third-order valence-corrected chi connectivity index (χ3v) is 4.45. The van der Waals surface area contributed by atoms with E-state index in [0.717, 1.165) is 25.8 Å². The standard InChI is InChI=1S/C12H26N2O3S/c1-4-6-13-7-9-18(15,16)14-11-5-8-17-12(2,3)10-11/h11,13-14H,4-10H2,1-3H3. The van der Waals surface area contributed by atoms with Crippen LogP contribution in [0.2, 0.25) is 0 Å². The Balaban J connectivity index is 2.35. The van der Waals surface area contributed by atoms with E-state index < -0.39 is 10.0 Å². The van der Waals surface area contributed by atoms with Gasteiger partial charge in [-0.2, -0.15) is 0 Å². The molecule has 108 valence electrons. The molecule has 0 aliphatic carbocycles. The minimum absolute atomic E-state index is 0.00456. The molecule has 0 radical (unpaired) electrons. The maximum atomic E-state index is 11.9. The van der Waals surface area contributed by atoms with Gasteiger partial charge < -0.3 is 10.1 Å². The van der Waals surface area contributed by atoms with E-state index in [0.29, 0.717) is 13.2 Å². The smallest absolute Gasteiger partial charge is 0.213 e. The average Bonchev–Trinajstić information content (AvgIpc) is 2.22. The molecule has 1 heterocycles. The first-order chi connectivity index (χ1) is 8.35. The molecule has 1 aliphatic rings. The summed E-state index contributed by atoms with van der Waals surface area (Å²) in [5.74, 6) is 0.144. The van der Waals surface area contributed by atoms with Crippen molar-refractivity contribution in [3.05, 3.63) is 0 Å². The summed E-state index contributed by atoms with van der Waals surface area (Å²) in [6.07, 6.45) is 2.50. The summed E-state index contributed by atoms with van der Waals surface area (Å²) < 4.78 is 32.1. The Labute approximate surface area is 111 Å². The van der Waals surface area contributed by atoms with Gasteiger partial charge in [0.25, 0.3) is 0 Å². The lowest BCUT2D eigenvalue weighted by atomic mass is 9.95. The van der Waals surface area contributed by atoms with Crippen LogP contribution in [-0.4, -0.2) is 45.5 Å². The summed E-state index contributed by atoms with van der Waals surface area (Å²) in [4.78, 5) is 0. The summed E-state index contributed by atoms with van der Waals surface area (Å²) in [6, 6.07) is 0.00456. The summed E-state index contributed by atoms with van der Waals surface area (Å²) in [6.45, 7) is 8.04. The molecule has 0 aromatic heterocycles. The highest BCUT2D eigenvalue weighted by atomic mass is 32.2. The Hall–Kier alpha value is -0.170. The fourth-order valence-electron chi connectivity index (χ4n) is 2.15. The van der Waals surface area contributed by atoms with Crippen LogP contribution in [-0.2, 0) is 14.8 Å². The first-order valence-electron chi connectivity index (χ1n) is 6.69. The van der Waals surface area contributed by atoms with Crippen LogP contribution in [0.5, 0.6) is 0 Å². The quantitative estimate of drug-likeness (QED) is 0.678. The van der Waals surface area contributed by atoms with Gasteiger partial charge in [-0.3, -0.25) is 0 Å². The number of ether oxygens (including phenoxy) is 1. The van der Waals surface area contributed by atoms with Crippen molar-refractivity contribution in [2.75, 3.05) is 25.4 Å². The van der Waals surface area contributed by atoms with Gasteiger partial charge in [-0.25, -0.2) is 13.1 Å². The number of rotatable bonds is 7. The van der Waals surface area contributed by atoms with Gasteiger partial charge in [-0.15, -0.1) is 0 Å². The molecule has 0 saturated carbocycles. The Morgan fingerprint density at radius 3 is 2.67 bits per heavy atom.